The molecule has 0 amide bonds. The van der Waals surface area contributed by atoms with Crippen molar-refractivity contribution in [1.29, 1.82) is 0 Å². The molecule has 0 radical (unpaired) electrons. The van der Waals surface area contributed by atoms with Crippen molar-refractivity contribution >= 4 is 22.1 Å². The molecule has 9 heteroatoms. The van der Waals surface area contributed by atoms with Crippen molar-refractivity contribution < 1.29 is 37.1 Å². The lowest BCUT2D eigenvalue weighted by Gasteiger charge is -2.20. The Morgan fingerprint density at radius 2 is 1.60 bits per heavy atom. The molecule has 0 aliphatic heterocycles. The SMILES string of the molecule is CCCCCCCCCC(COC(=O)C(CC(=O)O)S(=O)(=O)O)Oc1ccccc1. The van der Waals surface area contributed by atoms with Crippen LogP contribution in [0.2, 0.25) is 0 Å². The average molecular weight is 445 g/mol. The Labute approximate surface area is 178 Å². The van der Waals surface area contributed by atoms with Gasteiger partial charge in [-0.15, -0.1) is 0 Å². The van der Waals surface area contributed by atoms with Gasteiger partial charge in [-0.3, -0.25) is 14.1 Å². The zero-order valence-corrected chi connectivity index (χ0v) is 18.2. The third-order valence-corrected chi connectivity index (χ3v) is 5.65. The number of ether oxygens (including phenoxy) is 2. The van der Waals surface area contributed by atoms with Gasteiger partial charge in [-0.25, -0.2) is 0 Å². The zero-order chi connectivity index (χ0) is 22.4. The molecular weight excluding hydrogens is 412 g/mol. The van der Waals surface area contributed by atoms with E-state index in [9.17, 15) is 18.0 Å². The van der Waals surface area contributed by atoms with E-state index in [2.05, 4.69) is 6.92 Å². The van der Waals surface area contributed by atoms with Crippen LogP contribution in [0.1, 0.15) is 64.7 Å². The molecule has 0 bridgehead atoms. The van der Waals surface area contributed by atoms with Crippen molar-refractivity contribution in [3.05, 3.63) is 30.3 Å². The highest BCUT2D eigenvalue weighted by molar-refractivity contribution is 7.87. The Kier molecular flexibility index (Phi) is 12.1. The minimum atomic E-state index is -4.89. The lowest BCUT2D eigenvalue weighted by molar-refractivity contribution is -0.149. The van der Waals surface area contributed by atoms with E-state index in [1.54, 1.807) is 24.3 Å². The van der Waals surface area contributed by atoms with Crippen LogP contribution in [0.3, 0.4) is 0 Å². The van der Waals surface area contributed by atoms with Gasteiger partial charge >= 0.3 is 11.9 Å². The zero-order valence-electron chi connectivity index (χ0n) is 17.4. The Morgan fingerprint density at radius 1 is 1.00 bits per heavy atom. The van der Waals surface area contributed by atoms with Crippen LogP contribution in [-0.4, -0.2) is 48.0 Å². The maximum Gasteiger partial charge on any atom is 0.327 e. The maximum atomic E-state index is 12.1. The van der Waals surface area contributed by atoms with Gasteiger partial charge in [0.05, 0.1) is 6.42 Å². The molecule has 0 aliphatic carbocycles. The molecule has 0 saturated carbocycles. The van der Waals surface area contributed by atoms with Crippen LogP contribution in [0.4, 0.5) is 0 Å². The summed E-state index contributed by atoms with van der Waals surface area (Å²) >= 11 is 0. The van der Waals surface area contributed by atoms with Crippen LogP contribution < -0.4 is 4.74 Å². The molecule has 0 aliphatic rings. The number of carboxylic acids is 1. The van der Waals surface area contributed by atoms with Crippen LogP contribution >= 0.6 is 0 Å². The van der Waals surface area contributed by atoms with Crippen LogP contribution in [0.15, 0.2) is 30.3 Å². The number of para-hydroxylation sites is 1. The quantitative estimate of drug-likeness (QED) is 0.224. The maximum absolute atomic E-state index is 12.1. The highest BCUT2D eigenvalue weighted by Crippen LogP contribution is 2.17. The lowest BCUT2D eigenvalue weighted by atomic mass is 10.1. The number of hydrogen-bond acceptors (Lipinski definition) is 6. The number of benzene rings is 1. The van der Waals surface area contributed by atoms with Crippen LogP contribution in [-0.2, 0) is 24.4 Å². The fourth-order valence-electron chi connectivity index (χ4n) is 2.93. The predicted molar refractivity (Wildman–Crippen MR) is 112 cm³/mol. The fourth-order valence-corrected chi connectivity index (χ4v) is 3.60. The Hall–Kier alpha value is -2.13. The Bertz CT molecular complexity index is 733. The van der Waals surface area contributed by atoms with E-state index in [1.807, 2.05) is 6.07 Å². The van der Waals surface area contributed by atoms with Gasteiger partial charge < -0.3 is 14.6 Å². The molecule has 170 valence electrons. The molecule has 1 aromatic carbocycles. The lowest BCUT2D eigenvalue weighted by Crippen LogP contribution is -2.36. The van der Waals surface area contributed by atoms with Crippen molar-refractivity contribution in [2.45, 2.75) is 76.1 Å². The molecule has 30 heavy (non-hydrogen) atoms. The first-order valence-electron chi connectivity index (χ1n) is 10.3. The number of hydrogen-bond donors (Lipinski definition) is 2. The minimum absolute atomic E-state index is 0.241. The number of carbonyl (C=O) groups excluding carboxylic acids is 1. The third-order valence-electron chi connectivity index (χ3n) is 4.57. The topological polar surface area (TPSA) is 127 Å². The first-order valence-corrected chi connectivity index (χ1v) is 11.8. The van der Waals surface area contributed by atoms with Gasteiger partial charge in [0, 0.05) is 0 Å². The van der Waals surface area contributed by atoms with E-state index in [-0.39, 0.29) is 6.61 Å². The second-order valence-corrected chi connectivity index (χ2v) is 8.79. The highest BCUT2D eigenvalue weighted by atomic mass is 32.2. The molecule has 0 aromatic heterocycles. The summed E-state index contributed by atoms with van der Waals surface area (Å²) in [4.78, 5) is 22.9. The smallest absolute Gasteiger partial charge is 0.327 e. The van der Waals surface area contributed by atoms with Crippen molar-refractivity contribution in [3.8, 4) is 5.75 Å². The monoisotopic (exact) mass is 444 g/mol. The van der Waals surface area contributed by atoms with Crippen molar-refractivity contribution in [1.82, 2.24) is 0 Å². The van der Waals surface area contributed by atoms with Gasteiger partial charge in [-0.1, -0.05) is 63.6 Å². The van der Waals surface area contributed by atoms with E-state index < -0.39 is 39.8 Å². The predicted octanol–water partition coefficient (Wildman–Crippen LogP) is 3.85. The molecular formula is C21H32O8S. The molecule has 0 saturated heterocycles. The molecule has 2 atom stereocenters. The molecule has 2 N–H and O–H groups in total. The van der Waals surface area contributed by atoms with Crippen molar-refractivity contribution in [2.24, 2.45) is 0 Å². The van der Waals surface area contributed by atoms with Gasteiger partial charge in [0.15, 0.2) is 5.25 Å². The van der Waals surface area contributed by atoms with E-state index in [0.717, 1.165) is 25.7 Å². The number of aliphatic carboxylic acids is 1. The second kappa shape index (κ2) is 14.0. The number of esters is 1. The van der Waals surface area contributed by atoms with Gasteiger partial charge in [-0.2, -0.15) is 8.42 Å². The highest BCUT2D eigenvalue weighted by Gasteiger charge is 2.35. The van der Waals surface area contributed by atoms with Crippen LogP contribution in [0.25, 0.3) is 0 Å². The summed E-state index contributed by atoms with van der Waals surface area (Å²) in [7, 11) is -4.89. The first kappa shape index (κ1) is 25.9. The average Bonchev–Trinajstić information content (AvgIpc) is 2.69. The van der Waals surface area contributed by atoms with Gasteiger partial charge in [0.1, 0.15) is 18.5 Å². The molecule has 8 nitrogen and oxygen atoms in total. The van der Waals surface area contributed by atoms with Gasteiger partial charge in [0.25, 0.3) is 10.1 Å². The Morgan fingerprint density at radius 3 is 2.17 bits per heavy atom. The van der Waals surface area contributed by atoms with Gasteiger partial charge in [0.2, 0.25) is 0 Å². The third kappa shape index (κ3) is 11.2. The standard InChI is InChI=1S/C21H32O8S/c1-2-3-4-5-6-7-9-14-18(29-17-12-10-8-11-13-17)16-28-21(24)19(15-20(22)23)30(25,26)27/h8,10-13,18-19H,2-7,9,14-16H2,1H3,(H,22,23)(H,25,26,27). The largest absolute Gasteiger partial charge is 0.487 e. The van der Waals surface area contributed by atoms with E-state index in [1.165, 1.54) is 19.3 Å². The summed E-state index contributed by atoms with van der Waals surface area (Å²) in [5, 5.41) is 6.62. The first-order chi connectivity index (χ1) is 14.2. The number of unbranched alkanes of at least 4 members (excludes halogenated alkanes) is 6. The van der Waals surface area contributed by atoms with E-state index >= 15 is 0 Å². The van der Waals surface area contributed by atoms with Gasteiger partial charge in [-0.05, 0) is 25.0 Å². The van der Waals surface area contributed by atoms with Crippen LogP contribution in [0, 0.1) is 0 Å². The van der Waals surface area contributed by atoms with E-state index in [0.29, 0.717) is 12.2 Å². The van der Waals surface area contributed by atoms with Crippen LogP contribution in [0.5, 0.6) is 5.75 Å². The normalized spacial score (nSPS) is 13.4. The Balaban J connectivity index is 2.63. The summed E-state index contributed by atoms with van der Waals surface area (Å²) < 4.78 is 42.6. The molecule has 0 spiro atoms. The molecule has 1 aromatic rings. The minimum Gasteiger partial charge on any atom is -0.487 e. The van der Waals surface area contributed by atoms with E-state index in [4.69, 9.17) is 19.1 Å². The molecule has 0 heterocycles. The summed E-state index contributed by atoms with van der Waals surface area (Å²) in [5.74, 6) is -2.26. The van der Waals surface area contributed by atoms with Crippen molar-refractivity contribution in [3.63, 3.8) is 0 Å². The summed E-state index contributed by atoms with van der Waals surface area (Å²) in [6, 6.07) is 8.94. The molecule has 0 fully saturated rings. The number of rotatable bonds is 16. The van der Waals surface area contributed by atoms with Crippen molar-refractivity contribution in [2.75, 3.05) is 6.61 Å². The number of carbonyl (C=O) groups is 2. The summed E-state index contributed by atoms with van der Waals surface area (Å²) in [5.41, 5.74) is 0. The molecule has 1 rings (SSSR count). The number of carboxylic acid groups (broad SMARTS) is 1. The summed E-state index contributed by atoms with van der Waals surface area (Å²) in [6.45, 7) is 1.92. The fraction of sp³-hybridized carbons (Fsp3) is 0.619. The summed E-state index contributed by atoms with van der Waals surface area (Å²) in [6.07, 6.45) is 6.73. The second-order valence-electron chi connectivity index (χ2n) is 7.19. The molecule has 2 unspecified atom stereocenters.